The van der Waals surface area contributed by atoms with Crippen LogP contribution in [0.5, 0.6) is 5.75 Å². The lowest BCUT2D eigenvalue weighted by Gasteiger charge is -2.11. The van der Waals surface area contributed by atoms with E-state index in [4.69, 9.17) is 20.8 Å². The molecule has 1 fully saturated rings. The molecule has 1 atom stereocenters. The highest BCUT2D eigenvalue weighted by atomic mass is 35.5. The number of nitrogens with one attached hydrogen (secondary N) is 1. The maximum absolute atomic E-state index is 14.3. The van der Waals surface area contributed by atoms with Crippen molar-refractivity contribution in [2.24, 2.45) is 4.99 Å². The Morgan fingerprint density at radius 1 is 1.31 bits per heavy atom. The van der Waals surface area contributed by atoms with Crippen LogP contribution < -0.4 is 10.9 Å². The molecule has 29 heavy (non-hydrogen) atoms. The summed E-state index contributed by atoms with van der Waals surface area (Å²) in [7, 11) is 0. The zero-order valence-corrected chi connectivity index (χ0v) is 16.1. The number of hydrogen-bond acceptors (Lipinski definition) is 5. The smallest absolute Gasteiger partial charge is 0.256 e. The van der Waals surface area contributed by atoms with Crippen LogP contribution in [0.3, 0.4) is 0 Å². The number of hydrogen-bond donors (Lipinski definition) is 2. The van der Waals surface area contributed by atoms with Crippen molar-refractivity contribution in [3.8, 4) is 5.75 Å². The van der Waals surface area contributed by atoms with Gasteiger partial charge in [-0.05, 0) is 43.2 Å². The highest BCUT2D eigenvalue weighted by Crippen LogP contribution is 2.25. The molecule has 0 bridgehead atoms. The molecule has 1 unspecified atom stereocenters. The number of phenols is 1. The van der Waals surface area contributed by atoms with Crippen molar-refractivity contribution in [2.45, 2.75) is 18.9 Å². The van der Waals surface area contributed by atoms with Crippen LogP contribution in [0.15, 0.2) is 51.9 Å². The van der Waals surface area contributed by atoms with Gasteiger partial charge >= 0.3 is 0 Å². The number of aromatic hydroxyl groups is 1. The van der Waals surface area contributed by atoms with Crippen molar-refractivity contribution < 1.29 is 23.4 Å². The lowest BCUT2D eigenvalue weighted by Crippen LogP contribution is -2.34. The second-order valence-corrected chi connectivity index (χ2v) is 7.12. The Morgan fingerprint density at radius 3 is 2.97 bits per heavy atom. The largest absolute Gasteiger partial charge is 0.508 e. The maximum atomic E-state index is 14.3. The van der Waals surface area contributed by atoms with E-state index in [1.165, 1.54) is 24.3 Å². The van der Waals surface area contributed by atoms with Crippen LogP contribution in [-0.4, -0.2) is 30.3 Å². The predicted molar refractivity (Wildman–Crippen MR) is 106 cm³/mol. The van der Waals surface area contributed by atoms with Gasteiger partial charge in [0.2, 0.25) is 5.55 Å². The molecular formula is C21H18ClFN2O4. The minimum atomic E-state index is -0.717. The lowest BCUT2D eigenvalue weighted by atomic mass is 10.1. The molecule has 1 aromatic heterocycles. The Labute approximate surface area is 170 Å². The van der Waals surface area contributed by atoms with Crippen molar-refractivity contribution >= 4 is 34.2 Å². The van der Waals surface area contributed by atoms with Crippen LogP contribution in [0.4, 0.5) is 10.1 Å². The summed E-state index contributed by atoms with van der Waals surface area (Å²) in [5, 5.41) is 13.0. The van der Waals surface area contributed by atoms with Gasteiger partial charge in [0.1, 0.15) is 22.6 Å². The van der Waals surface area contributed by atoms with Gasteiger partial charge in [-0.15, -0.1) is 0 Å². The van der Waals surface area contributed by atoms with Gasteiger partial charge in [0.25, 0.3) is 5.91 Å². The molecule has 1 aliphatic rings. The number of phenolic OH excluding ortho intramolecular Hbond substituents is 1. The number of amides is 1. The third-order valence-corrected chi connectivity index (χ3v) is 4.94. The molecule has 150 valence electrons. The monoisotopic (exact) mass is 416 g/mol. The first-order valence-electron chi connectivity index (χ1n) is 9.16. The number of ether oxygens (including phenoxy) is 1. The Balaban J connectivity index is 1.79. The summed E-state index contributed by atoms with van der Waals surface area (Å²) in [6.45, 7) is 1.04. The lowest BCUT2D eigenvalue weighted by molar-refractivity contribution is 0.0854. The van der Waals surface area contributed by atoms with Gasteiger partial charge in [-0.25, -0.2) is 9.38 Å². The van der Waals surface area contributed by atoms with E-state index in [1.54, 1.807) is 18.2 Å². The molecule has 0 saturated carbocycles. The summed E-state index contributed by atoms with van der Waals surface area (Å²) in [6.07, 6.45) is 1.82. The van der Waals surface area contributed by atoms with Gasteiger partial charge in [0, 0.05) is 24.6 Å². The van der Waals surface area contributed by atoms with Gasteiger partial charge in [-0.2, -0.15) is 0 Å². The number of halogens is 2. The van der Waals surface area contributed by atoms with Crippen LogP contribution in [0.2, 0.25) is 5.02 Å². The predicted octanol–water partition coefficient (Wildman–Crippen LogP) is 4.07. The first-order chi connectivity index (χ1) is 14.0. The standard InChI is InChI=1S/C21H18ClFN2O4/c22-16-4-1-5-17(19(16)23)25-21-15(20(27)24-11-14-3-2-8-28-14)9-12-6-7-13(26)10-18(12)29-21/h1,4-7,9-10,14,26H,2-3,8,11H2,(H,24,27). The van der Waals surface area contributed by atoms with E-state index in [9.17, 15) is 14.3 Å². The summed E-state index contributed by atoms with van der Waals surface area (Å²) in [5.41, 5.74) is 0.297. The van der Waals surface area contributed by atoms with Gasteiger partial charge in [-0.3, -0.25) is 4.79 Å². The van der Waals surface area contributed by atoms with E-state index in [0.717, 1.165) is 12.8 Å². The molecule has 4 rings (SSSR count). The molecule has 8 heteroatoms. The molecule has 2 heterocycles. The number of benzene rings is 2. The molecule has 0 aliphatic carbocycles. The average molecular weight is 417 g/mol. The minimum Gasteiger partial charge on any atom is -0.508 e. The first-order valence-corrected chi connectivity index (χ1v) is 9.54. The molecule has 1 aliphatic heterocycles. The van der Waals surface area contributed by atoms with Crippen molar-refractivity contribution in [1.82, 2.24) is 5.32 Å². The third kappa shape index (κ3) is 4.26. The minimum absolute atomic E-state index is 0.00304. The Kier molecular flexibility index (Phi) is 5.51. The highest BCUT2D eigenvalue weighted by molar-refractivity contribution is 6.31. The quantitative estimate of drug-likeness (QED) is 0.671. The summed E-state index contributed by atoms with van der Waals surface area (Å²) in [4.78, 5) is 17.0. The number of carbonyl (C=O) groups is 1. The van der Waals surface area contributed by atoms with E-state index in [1.807, 2.05) is 0 Å². The zero-order valence-electron chi connectivity index (χ0n) is 15.3. The topological polar surface area (TPSA) is 84.1 Å². The molecule has 0 spiro atoms. The van der Waals surface area contributed by atoms with Crippen molar-refractivity contribution in [3.63, 3.8) is 0 Å². The fourth-order valence-corrected chi connectivity index (χ4v) is 3.32. The fraction of sp³-hybridized carbons (Fsp3) is 0.238. The SMILES string of the molecule is O=C(NCC1CCCO1)c1cc2ccc(O)cc2oc1=Nc1cccc(Cl)c1F. The van der Waals surface area contributed by atoms with Crippen LogP contribution in [0.25, 0.3) is 11.0 Å². The fourth-order valence-electron chi connectivity index (χ4n) is 3.15. The van der Waals surface area contributed by atoms with E-state index in [2.05, 4.69) is 10.3 Å². The van der Waals surface area contributed by atoms with Gasteiger partial charge < -0.3 is 19.6 Å². The number of carbonyl (C=O) groups excluding carboxylic acids is 1. The van der Waals surface area contributed by atoms with E-state index < -0.39 is 11.7 Å². The van der Waals surface area contributed by atoms with Crippen LogP contribution in [0.1, 0.15) is 23.2 Å². The zero-order chi connectivity index (χ0) is 20.4. The van der Waals surface area contributed by atoms with Gasteiger partial charge in [0.15, 0.2) is 5.82 Å². The molecule has 6 nitrogen and oxygen atoms in total. The summed E-state index contributed by atoms with van der Waals surface area (Å²) in [6, 6.07) is 10.5. The average Bonchev–Trinajstić information content (AvgIpc) is 3.23. The van der Waals surface area contributed by atoms with Crippen molar-refractivity contribution in [3.05, 3.63) is 64.4 Å². The normalized spacial score (nSPS) is 17.0. The van der Waals surface area contributed by atoms with Crippen molar-refractivity contribution in [1.29, 1.82) is 0 Å². The Morgan fingerprint density at radius 2 is 2.17 bits per heavy atom. The third-order valence-electron chi connectivity index (χ3n) is 4.65. The molecule has 0 radical (unpaired) electrons. The molecule has 2 N–H and O–H groups in total. The first kappa shape index (κ1) is 19.4. The van der Waals surface area contributed by atoms with E-state index in [-0.39, 0.29) is 33.7 Å². The Hall–Kier alpha value is -2.90. The van der Waals surface area contributed by atoms with Crippen molar-refractivity contribution in [2.75, 3.05) is 13.2 Å². The molecule has 2 aromatic carbocycles. The highest BCUT2D eigenvalue weighted by Gasteiger charge is 2.19. The van der Waals surface area contributed by atoms with E-state index in [0.29, 0.717) is 24.1 Å². The Bertz CT molecular complexity index is 1140. The number of fused-ring (bicyclic) bond motifs is 1. The molecule has 1 amide bonds. The second kappa shape index (κ2) is 8.23. The summed E-state index contributed by atoms with van der Waals surface area (Å²) in [5.74, 6) is -1.14. The second-order valence-electron chi connectivity index (χ2n) is 6.72. The number of nitrogens with zero attached hydrogens (tertiary/aromatic N) is 1. The maximum Gasteiger partial charge on any atom is 0.256 e. The van der Waals surface area contributed by atoms with Crippen LogP contribution in [0, 0.1) is 5.82 Å². The number of rotatable bonds is 4. The van der Waals surface area contributed by atoms with Crippen LogP contribution >= 0.6 is 11.6 Å². The molecule has 1 saturated heterocycles. The van der Waals surface area contributed by atoms with Crippen LogP contribution in [-0.2, 0) is 4.74 Å². The molecule has 3 aromatic rings. The van der Waals surface area contributed by atoms with Gasteiger partial charge in [0.05, 0.1) is 11.1 Å². The van der Waals surface area contributed by atoms with Gasteiger partial charge in [-0.1, -0.05) is 17.7 Å². The summed E-state index contributed by atoms with van der Waals surface area (Å²) >= 11 is 5.83. The molecular weight excluding hydrogens is 399 g/mol. The summed E-state index contributed by atoms with van der Waals surface area (Å²) < 4.78 is 25.6. The van der Waals surface area contributed by atoms with E-state index >= 15 is 0 Å².